The number of nitriles is 1. The summed E-state index contributed by atoms with van der Waals surface area (Å²) in [5.74, 6) is -0.128. The average Bonchev–Trinajstić information content (AvgIpc) is 3.36. The number of nitrogens with zero attached hydrogens (tertiary/aromatic N) is 4. The third kappa shape index (κ3) is 2.86. The fraction of sp³-hybridized carbons (Fsp3) is 0.0909. The highest BCUT2D eigenvalue weighted by Gasteiger charge is 2.38. The molecule has 0 atom stereocenters. The Bertz CT molecular complexity index is 1600. The molecule has 3 heterocycles. The number of hydrogen-bond acceptors (Lipinski definition) is 5. The summed E-state index contributed by atoms with van der Waals surface area (Å²) < 4.78 is 47.8. The van der Waals surface area contributed by atoms with Gasteiger partial charge in [-0.2, -0.15) is 22.9 Å². The van der Waals surface area contributed by atoms with Gasteiger partial charge in [0, 0.05) is 0 Å². The molecule has 0 saturated carbocycles. The van der Waals surface area contributed by atoms with Crippen LogP contribution in [-0.2, 0) is 6.18 Å². The lowest BCUT2D eigenvalue weighted by atomic mass is 10.1. The number of para-hydroxylation sites is 1. The number of halogens is 3. The van der Waals surface area contributed by atoms with Gasteiger partial charge in [-0.1, -0.05) is 36.4 Å². The Morgan fingerprint density at radius 1 is 1.06 bits per heavy atom. The Morgan fingerprint density at radius 3 is 2.50 bits per heavy atom. The van der Waals surface area contributed by atoms with Gasteiger partial charge in [-0.15, -0.1) is 0 Å². The second-order valence-corrected chi connectivity index (χ2v) is 7.05. The van der Waals surface area contributed by atoms with E-state index in [1.54, 1.807) is 36.4 Å². The van der Waals surface area contributed by atoms with Crippen LogP contribution >= 0.6 is 0 Å². The van der Waals surface area contributed by atoms with Crippen molar-refractivity contribution in [3.05, 3.63) is 75.8 Å². The van der Waals surface area contributed by atoms with E-state index in [-0.39, 0.29) is 50.6 Å². The van der Waals surface area contributed by atoms with Crippen LogP contribution in [0.15, 0.2) is 57.7 Å². The summed E-state index contributed by atoms with van der Waals surface area (Å²) in [5, 5.41) is 11.4. The molecule has 0 aliphatic heterocycles. The van der Waals surface area contributed by atoms with Gasteiger partial charge in [-0.25, -0.2) is 9.97 Å². The fourth-order valence-corrected chi connectivity index (χ4v) is 3.65. The largest absolute Gasteiger partial charge is 0.436 e. The fourth-order valence-electron chi connectivity index (χ4n) is 3.65. The first kappa shape index (κ1) is 19.6. The summed E-state index contributed by atoms with van der Waals surface area (Å²) in [6, 6.07) is 14.6. The van der Waals surface area contributed by atoms with E-state index in [4.69, 9.17) is 4.42 Å². The highest BCUT2D eigenvalue weighted by molar-refractivity contribution is 5.83. The molecular formula is C22H12F3N5O2. The zero-order valence-corrected chi connectivity index (χ0v) is 16.4. The molecule has 32 heavy (non-hydrogen) atoms. The van der Waals surface area contributed by atoms with Crippen LogP contribution in [0.4, 0.5) is 13.2 Å². The van der Waals surface area contributed by atoms with E-state index in [1.165, 1.54) is 19.1 Å². The molecule has 0 spiro atoms. The molecule has 0 fully saturated rings. The Morgan fingerprint density at radius 2 is 1.81 bits per heavy atom. The number of benzene rings is 2. The number of rotatable bonds is 2. The molecule has 0 aliphatic carbocycles. The van der Waals surface area contributed by atoms with Crippen LogP contribution in [0.1, 0.15) is 17.0 Å². The molecule has 3 aromatic heterocycles. The predicted molar refractivity (Wildman–Crippen MR) is 109 cm³/mol. The molecule has 0 amide bonds. The molecule has 1 N–H and O–H groups in total. The Labute approximate surface area is 177 Å². The van der Waals surface area contributed by atoms with E-state index in [0.29, 0.717) is 0 Å². The molecule has 0 aliphatic rings. The van der Waals surface area contributed by atoms with Crippen LogP contribution in [0, 0.1) is 18.3 Å². The minimum Gasteiger partial charge on any atom is -0.436 e. The Hall–Kier alpha value is -4.39. The van der Waals surface area contributed by atoms with Gasteiger partial charge in [-0.3, -0.25) is 9.89 Å². The molecule has 5 rings (SSSR count). The summed E-state index contributed by atoms with van der Waals surface area (Å²) in [5.41, 5.74) is -1.20. The van der Waals surface area contributed by atoms with Crippen molar-refractivity contribution in [1.29, 1.82) is 5.26 Å². The molecule has 0 bridgehead atoms. The van der Waals surface area contributed by atoms with Gasteiger partial charge >= 0.3 is 6.18 Å². The molecule has 7 nitrogen and oxygen atoms in total. The molecule has 2 aromatic carbocycles. The van der Waals surface area contributed by atoms with Crippen molar-refractivity contribution < 1.29 is 17.6 Å². The summed E-state index contributed by atoms with van der Waals surface area (Å²) in [6.45, 7) is 1.49. The van der Waals surface area contributed by atoms with E-state index >= 15 is 0 Å². The number of oxazole rings is 1. The molecule has 5 aromatic rings. The zero-order valence-electron chi connectivity index (χ0n) is 16.4. The summed E-state index contributed by atoms with van der Waals surface area (Å²) in [6.07, 6.45) is -4.75. The van der Waals surface area contributed by atoms with Crippen molar-refractivity contribution in [2.24, 2.45) is 0 Å². The van der Waals surface area contributed by atoms with Crippen molar-refractivity contribution in [2.75, 3.05) is 0 Å². The van der Waals surface area contributed by atoms with E-state index < -0.39 is 17.4 Å². The highest BCUT2D eigenvalue weighted by atomic mass is 19.4. The van der Waals surface area contributed by atoms with E-state index in [2.05, 4.69) is 15.1 Å². The molecule has 0 saturated heterocycles. The number of aromatic amines is 1. The smallest absolute Gasteiger partial charge is 0.433 e. The topological polar surface area (TPSA) is 100.0 Å². The first-order valence-corrected chi connectivity index (χ1v) is 9.37. The minimum atomic E-state index is -4.75. The maximum Gasteiger partial charge on any atom is 0.433 e. The molecule has 0 unspecified atom stereocenters. The first-order valence-electron chi connectivity index (χ1n) is 9.37. The first-order chi connectivity index (χ1) is 15.3. The normalized spacial score (nSPS) is 11.8. The third-order valence-corrected chi connectivity index (χ3v) is 5.06. The van der Waals surface area contributed by atoms with Crippen molar-refractivity contribution >= 4 is 16.7 Å². The van der Waals surface area contributed by atoms with Gasteiger partial charge in [-0.05, 0) is 24.6 Å². The second kappa shape index (κ2) is 6.81. The Kier molecular flexibility index (Phi) is 4.17. The minimum absolute atomic E-state index is 0.0998. The van der Waals surface area contributed by atoms with Crippen LogP contribution in [0.25, 0.3) is 39.3 Å². The number of nitrogens with one attached hydrogen (secondary N) is 1. The van der Waals surface area contributed by atoms with Crippen molar-refractivity contribution in [3.63, 3.8) is 0 Å². The molecule has 10 heteroatoms. The van der Waals surface area contributed by atoms with Gasteiger partial charge < -0.3 is 4.42 Å². The third-order valence-electron chi connectivity index (χ3n) is 5.06. The van der Waals surface area contributed by atoms with Crippen molar-refractivity contribution in [2.45, 2.75) is 13.1 Å². The van der Waals surface area contributed by atoms with Crippen molar-refractivity contribution in [3.8, 4) is 28.7 Å². The van der Waals surface area contributed by atoms with Gasteiger partial charge in [0.2, 0.25) is 5.89 Å². The van der Waals surface area contributed by atoms with Gasteiger partial charge in [0.15, 0.2) is 11.2 Å². The summed E-state index contributed by atoms with van der Waals surface area (Å²) in [7, 11) is 0. The number of aromatic nitrogens is 4. The average molecular weight is 435 g/mol. The number of fused-ring (bicyclic) bond motifs is 2. The molecule has 0 radical (unpaired) electrons. The molecule has 158 valence electrons. The van der Waals surface area contributed by atoms with Crippen LogP contribution < -0.4 is 5.56 Å². The quantitative estimate of drug-likeness (QED) is 0.433. The Balaban J connectivity index is 1.84. The maximum absolute atomic E-state index is 13.8. The lowest BCUT2D eigenvalue weighted by Crippen LogP contribution is -2.20. The van der Waals surface area contributed by atoms with Gasteiger partial charge in [0.25, 0.3) is 5.56 Å². The number of alkyl halides is 3. The number of H-pyrrole nitrogens is 1. The van der Waals surface area contributed by atoms with Crippen LogP contribution in [0.3, 0.4) is 0 Å². The predicted octanol–water partition coefficient (Wildman–Crippen LogP) is 4.70. The van der Waals surface area contributed by atoms with Crippen molar-refractivity contribution in [1.82, 2.24) is 19.6 Å². The van der Waals surface area contributed by atoms with Gasteiger partial charge in [0.05, 0.1) is 16.8 Å². The standard InChI is InChI=1S/C22H12F3N5O2/c1-11-15(20-28-17-13(10-26)8-5-9-14(17)32-20)21(31)30-19(27-11)16(12-6-3-2-4-7-12)18(29-30)22(23,24)25/h2-9,29H,1H3. The summed E-state index contributed by atoms with van der Waals surface area (Å²) >= 11 is 0. The van der Waals surface area contributed by atoms with E-state index in [9.17, 15) is 23.2 Å². The second-order valence-electron chi connectivity index (χ2n) is 7.05. The highest BCUT2D eigenvalue weighted by Crippen LogP contribution is 2.38. The van der Waals surface area contributed by atoms with Crippen LogP contribution in [0.2, 0.25) is 0 Å². The lowest BCUT2D eigenvalue weighted by molar-refractivity contribution is -0.140. The lowest BCUT2D eigenvalue weighted by Gasteiger charge is -2.07. The maximum atomic E-state index is 13.8. The van der Waals surface area contributed by atoms with E-state index in [1.807, 2.05) is 6.07 Å². The zero-order chi connectivity index (χ0) is 22.6. The summed E-state index contributed by atoms with van der Waals surface area (Å²) in [4.78, 5) is 21.8. The number of aryl methyl sites for hydroxylation is 1. The number of hydrogen-bond donors (Lipinski definition) is 1. The van der Waals surface area contributed by atoms with Crippen LogP contribution in [0.5, 0.6) is 0 Å². The van der Waals surface area contributed by atoms with Gasteiger partial charge in [0.1, 0.15) is 22.8 Å². The van der Waals surface area contributed by atoms with Crippen LogP contribution in [-0.4, -0.2) is 19.6 Å². The monoisotopic (exact) mass is 435 g/mol. The SMILES string of the molecule is Cc1nc2c(-c3ccccc3)c(C(F)(F)F)[nH]n2c(=O)c1-c1nc2c(C#N)cccc2o1. The van der Waals surface area contributed by atoms with E-state index in [0.717, 1.165) is 4.52 Å². The molecular weight excluding hydrogens is 423 g/mol.